The molecule has 1 aliphatic heterocycles. The number of nitrogens with zero attached hydrogens (tertiary/aromatic N) is 2. The molecule has 5 nitrogen and oxygen atoms in total. The molecule has 0 aliphatic carbocycles. The molecule has 28 heavy (non-hydrogen) atoms. The predicted molar refractivity (Wildman–Crippen MR) is 121 cm³/mol. The van der Waals surface area contributed by atoms with E-state index in [0.717, 1.165) is 32.5 Å². The lowest BCUT2D eigenvalue weighted by Crippen LogP contribution is -2.38. The minimum atomic E-state index is -2.88. The molecule has 1 fully saturated rings. The first kappa shape index (κ1) is 25.2. The molecule has 0 unspecified atom stereocenters. The van der Waals surface area contributed by atoms with Crippen LogP contribution in [0.4, 0.5) is 8.78 Å². The number of benzene rings is 1. The molecule has 1 aromatic carbocycles. The zero-order valence-corrected chi connectivity index (χ0v) is 19.3. The van der Waals surface area contributed by atoms with Gasteiger partial charge in [0.2, 0.25) is 0 Å². The second-order valence-corrected chi connectivity index (χ2v) is 6.94. The molecule has 0 radical (unpaired) electrons. The second kappa shape index (κ2) is 14.2. The third-order valence-corrected chi connectivity index (χ3v) is 4.62. The summed E-state index contributed by atoms with van der Waals surface area (Å²) in [5.41, 5.74) is 0.522. The highest BCUT2D eigenvalue weighted by molar-refractivity contribution is 14.0. The number of guanidine groups is 1. The van der Waals surface area contributed by atoms with Crippen molar-refractivity contribution in [2.24, 2.45) is 4.99 Å². The second-order valence-electron chi connectivity index (χ2n) is 6.51. The van der Waals surface area contributed by atoms with E-state index in [2.05, 4.69) is 25.3 Å². The fourth-order valence-electron chi connectivity index (χ4n) is 3.06. The molecule has 1 saturated heterocycles. The molecule has 0 bridgehead atoms. The Labute approximate surface area is 188 Å². The largest absolute Gasteiger partial charge is 0.434 e. The maximum Gasteiger partial charge on any atom is 0.387 e. The van der Waals surface area contributed by atoms with Crippen LogP contribution in [-0.2, 0) is 6.54 Å². The molecule has 9 heteroatoms. The first-order chi connectivity index (χ1) is 13.1. The number of halogens is 4. The number of aliphatic imine (C=N–C) groups is 1. The maximum absolute atomic E-state index is 12.6. The lowest BCUT2D eigenvalue weighted by molar-refractivity contribution is -0.0504. The number of hydrogen-bond donors (Lipinski definition) is 2. The summed E-state index contributed by atoms with van der Waals surface area (Å²) in [4.78, 5) is 6.97. The van der Waals surface area contributed by atoms with Crippen molar-refractivity contribution in [2.45, 2.75) is 45.8 Å². The summed E-state index contributed by atoms with van der Waals surface area (Å²) in [5.74, 6) is 0.751. The highest BCUT2D eigenvalue weighted by Gasteiger charge is 2.11. The molecular formula is C19H30ClF2IN4O. The van der Waals surface area contributed by atoms with Crippen molar-refractivity contribution in [1.29, 1.82) is 0 Å². The fourth-order valence-corrected chi connectivity index (χ4v) is 3.26. The average molecular weight is 531 g/mol. The van der Waals surface area contributed by atoms with E-state index in [1.54, 1.807) is 6.07 Å². The number of ether oxygens (including phenoxy) is 1. The van der Waals surface area contributed by atoms with E-state index < -0.39 is 6.61 Å². The van der Waals surface area contributed by atoms with Crippen molar-refractivity contribution in [1.82, 2.24) is 15.5 Å². The third kappa shape index (κ3) is 9.56. The zero-order chi connectivity index (χ0) is 19.5. The first-order valence-corrected chi connectivity index (χ1v) is 9.94. The minimum Gasteiger partial charge on any atom is -0.434 e. The monoisotopic (exact) mass is 530 g/mol. The summed E-state index contributed by atoms with van der Waals surface area (Å²) < 4.78 is 29.7. The van der Waals surface area contributed by atoms with Gasteiger partial charge in [0.25, 0.3) is 0 Å². The van der Waals surface area contributed by atoms with Gasteiger partial charge in [-0.25, -0.2) is 4.99 Å². The molecule has 0 atom stereocenters. The van der Waals surface area contributed by atoms with Gasteiger partial charge in [0.15, 0.2) is 5.96 Å². The van der Waals surface area contributed by atoms with Crippen molar-refractivity contribution in [3.05, 3.63) is 28.8 Å². The van der Waals surface area contributed by atoms with Crippen LogP contribution in [0.15, 0.2) is 23.2 Å². The van der Waals surface area contributed by atoms with E-state index in [1.165, 1.54) is 38.1 Å². The highest BCUT2D eigenvalue weighted by atomic mass is 127. The van der Waals surface area contributed by atoms with Crippen LogP contribution in [0.1, 0.15) is 38.2 Å². The standard InChI is InChI=1S/C19H29ClF2N4O.HI/c1-2-23-19(24-9-3-4-10-26-11-5-6-12-26)25-14-15-13-16(20)7-8-17(15)27-18(21)22;/h7-8,13,18H,2-6,9-12,14H2,1H3,(H2,23,24,25);1H. The van der Waals surface area contributed by atoms with Gasteiger partial charge in [0.05, 0.1) is 6.54 Å². The topological polar surface area (TPSA) is 48.9 Å². The van der Waals surface area contributed by atoms with E-state index in [1.807, 2.05) is 6.92 Å². The molecule has 0 amide bonds. The smallest absolute Gasteiger partial charge is 0.387 e. The van der Waals surface area contributed by atoms with Crippen LogP contribution in [0.25, 0.3) is 0 Å². The molecule has 1 aromatic rings. The van der Waals surface area contributed by atoms with Crippen LogP contribution in [0, 0.1) is 0 Å². The van der Waals surface area contributed by atoms with Gasteiger partial charge in [-0.15, -0.1) is 24.0 Å². The van der Waals surface area contributed by atoms with E-state index in [-0.39, 0.29) is 36.3 Å². The summed E-state index contributed by atoms with van der Waals surface area (Å²) in [6.07, 6.45) is 4.83. The number of alkyl halides is 2. The van der Waals surface area contributed by atoms with E-state index in [0.29, 0.717) is 16.5 Å². The van der Waals surface area contributed by atoms with Gasteiger partial charge in [-0.1, -0.05) is 11.6 Å². The van der Waals surface area contributed by atoms with Crippen molar-refractivity contribution in [3.63, 3.8) is 0 Å². The van der Waals surface area contributed by atoms with Gasteiger partial charge >= 0.3 is 6.61 Å². The summed E-state index contributed by atoms with van der Waals surface area (Å²) in [7, 11) is 0. The molecule has 1 aliphatic rings. The molecule has 2 rings (SSSR count). The van der Waals surface area contributed by atoms with Crippen molar-refractivity contribution in [2.75, 3.05) is 32.7 Å². The molecule has 160 valence electrons. The Hall–Kier alpha value is -0.870. The Bertz CT molecular complexity index is 601. The first-order valence-electron chi connectivity index (χ1n) is 9.56. The van der Waals surface area contributed by atoms with Gasteiger partial charge in [-0.2, -0.15) is 8.78 Å². The normalized spacial score (nSPS) is 14.8. The molecular weight excluding hydrogens is 501 g/mol. The van der Waals surface area contributed by atoms with Crippen molar-refractivity contribution in [3.8, 4) is 5.75 Å². The molecule has 0 aromatic heterocycles. The summed E-state index contributed by atoms with van der Waals surface area (Å²) in [6.45, 7) is 4.43. The summed E-state index contributed by atoms with van der Waals surface area (Å²) >= 11 is 5.98. The van der Waals surface area contributed by atoms with Gasteiger partial charge in [0, 0.05) is 23.7 Å². The highest BCUT2D eigenvalue weighted by Crippen LogP contribution is 2.25. The Morgan fingerprint density at radius 3 is 2.68 bits per heavy atom. The number of likely N-dealkylation sites (tertiary alicyclic amines) is 1. The Morgan fingerprint density at radius 1 is 1.25 bits per heavy atom. The lowest BCUT2D eigenvalue weighted by Gasteiger charge is -2.15. The maximum atomic E-state index is 12.6. The van der Waals surface area contributed by atoms with Gasteiger partial charge in [0.1, 0.15) is 5.75 Å². The van der Waals surface area contributed by atoms with Crippen molar-refractivity contribution < 1.29 is 13.5 Å². The Morgan fingerprint density at radius 2 is 2.00 bits per heavy atom. The van der Waals surface area contributed by atoms with E-state index in [4.69, 9.17) is 11.6 Å². The van der Waals surface area contributed by atoms with Gasteiger partial charge in [-0.05, 0) is 70.4 Å². The SMILES string of the molecule is CCNC(=NCc1cc(Cl)ccc1OC(F)F)NCCCCN1CCCC1.I. The number of unbranched alkanes of at least 4 members (excludes halogenated alkanes) is 1. The zero-order valence-electron chi connectivity index (χ0n) is 16.2. The van der Waals surface area contributed by atoms with Crippen LogP contribution < -0.4 is 15.4 Å². The quantitative estimate of drug-likeness (QED) is 0.203. The number of hydrogen-bond acceptors (Lipinski definition) is 3. The van der Waals surface area contributed by atoms with Crippen LogP contribution >= 0.6 is 35.6 Å². The number of nitrogens with one attached hydrogen (secondary N) is 2. The summed E-state index contributed by atoms with van der Waals surface area (Å²) in [5, 5.41) is 6.92. The summed E-state index contributed by atoms with van der Waals surface area (Å²) in [6, 6.07) is 4.57. The minimum absolute atomic E-state index is 0. The van der Waals surface area contributed by atoms with Crippen molar-refractivity contribution >= 4 is 41.5 Å². The molecule has 1 heterocycles. The Balaban J connectivity index is 0.00000392. The Kier molecular flexibility index (Phi) is 12.7. The van der Waals surface area contributed by atoms with Gasteiger partial charge < -0.3 is 20.3 Å². The number of rotatable bonds is 10. The average Bonchev–Trinajstić information content (AvgIpc) is 3.14. The molecule has 0 spiro atoms. The van der Waals surface area contributed by atoms with E-state index >= 15 is 0 Å². The van der Waals surface area contributed by atoms with E-state index in [9.17, 15) is 8.78 Å². The third-order valence-electron chi connectivity index (χ3n) is 4.38. The molecule has 0 saturated carbocycles. The fraction of sp³-hybridized carbons (Fsp3) is 0.632. The predicted octanol–water partition coefficient (Wildman–Crippen LogP) is 4.49. The van der Waals surface area contributed by atoms with Crippen LogP contribution in [-0.4, -0.2) is 50.2 Å². The van der Waals surface area contributed by atoms with Crippen LogP contribution in [0.5, 0.6) is 5.75 Å². The lowest BCUT2D eigenvalue weighted by atomic mass is 10.2. The van der Waals surface area contributed by atoms with Gasteiger partial charge in [-0.3, -0.25) is 0 Å². The van der Waals surface area contributed by atoms with Crippen LogP contribution in [0.3, 0.4) is 0 Å². The van der Waals surface area contributed by atoms with Crippen LogP contribution in [0.2, 0.25) is 5.02 Å². The molecule has 2 N–H and O–H groups in total.